The molecule has 0 saturated carbocycles. The third kappa shape index (κ3) is 3.37. The molecule has 2 aromatic rings. The van der Waals surface area contributed by atoms with E-state index in [9.17, 15) is 13.5 Å². The van der Waals surface area contributed by atoms with Crippen molar-refractivity contribution in [3.63, 3.8) is 0 Å². The molecule has 0 aromatic heterocycles. The van der Waals surface area contributed by atoms with Crippen LogP contribution in [-0.2, 0) is 9.84 Å². The van der Waals surface area contributed by atoms with Crippen LogP contribution in [0.1, 0.15) is 11.7 Å². The van der Waals surface area contributed by atoms with Gasteiger partial charge in [-0.2, -0.15) is 0 Å². The van der Waals surface area contributed by atoms with Crippen molar-refractivity contribution in [2.24, 2.45) is 0 Å². The molecule has 4 nitrogen and oxygen atoms in total. The minimum absolute atomic E-state index is 0.174. The van der Waals surface area contributed by atoms with Gasteiger partial charge in [0.15, 0.2) is 9.84 Å². The molecule has 0 spiro atoms. The smallest absolute Gasteiger partial charge is 0.181 e. The first-order valence-electron chi connectivity index (χ1n) is 6.13. The van der Waals surface area contributed by atoms with E-state index in [1.165, 1.54) is 19.2 Å². The Morgan fingerprint density at radius 2 is 1.65 bits per heavy atom. The zero-order valence-corrected chi connectivity index (χ0v) is 11.9. The molecule has 0 heterocycles. The number of ether oxygens (including phenoxy) is 1. The van der Waals surface area contributed by atoms with Crippen LogP contribution in [0.25, 0.3) is 0 Å². The Labute approximate surface area is 118 Å². The van der Waals surface area contributed by atoms with Crippen LogP contribution in [0.3, 0.4) is 0 Å². The van der Waals surface area contributed by atoms with Gasteiger partial charge in [0.05, 0.1) is 23.9 Å². The zero-order valence-electron chi connectivity index (χ0n) is 11.1. The molecule has 0 bridgehead atoms. The third-order valence-corrected chi connectivity index (χ3v) is 4.73. The Morgan fingerprint density at radius 3 is 2.20 bits per heavy atom. The van der Waals surface area contributed by atoms with Gasteiger partial charge >= 0.3 is 0 Å². The van der Waals surface area contributed by atoms with Gasteiger partial charge in [0, 0.05) is 0 Å². The first-order chi connectivity index (χ1) is 9.53. The van der Waals surface area contributed by atoms with Crippen LogP contribution in [0.4, 0.5) is 0 Å². The number of methoxy groups -OCH3 is 1. The highest BCUT2D eigenvalue weighted by Crippen LogP contribution is 2.21. The summed E-state index contributed by atoms with van der Waals surface area (Å²) in [5.74, 6) is 0.246. The van der Waals surface area contributed by atoms with Crippen molar-refractivity contribution in [3.05, 3.63) is 60.2 Å². The largest absolute Gasteiger partial charge is 0.497 e. The lowest BCUT2D eigenvalue weighted by molar-refractivity contribution is 0.201. The van der Waals surface area contributed by atoms with Crippen LogP contribution >= 0.6 is 0 Å². The lowest BCUT2D eigenvalue weighted by atomic mass is 10.1. The van der Waals surface area contributed by atoms with Crippen LogP contribution in [0, 0.1) is 0 Å². The number of sulfone groups is 1. The molecule has 0 aliphatic carbocycles. The topological polar surface area (TPSA) is 63.6 Å². The molecule has 0 fully saturated rings. The van der Waals surface area contributed by atoms with Gasteiger partial charge in [-0.15, -0.1) is 0 Å². The second-order valence-electron chi connectivity index (χ2n) is 4.38. The Balaban J connectivity index is 2.18. The van der Waals surface area contributed by atoms with E-state index in [0.717, 1.165) is 0 Å². The van der Waals surface area contributed by atoms with Gasteiger partial charge in [-0.05, 0) is 29.8 Å². The Morgan fingerprint density at radius 1 is 1.05 bits per heavy atom. The predicted octanol–water partition coefficient (Wildman–Crippen LogP) is 2.20. The highest BCUT2D eigenvalue weighted by molar-refractivity contribution is 7.91. The molecule has 0 radical (unpaired) electrons. The lowest BCUT2D eigenvalue weighted by Gasteiger charge is -2.12. The average Bonchev–Trinajstić information content (AvgIpc) is 2.48. The SMILES string of the molecule is COc1ccc(S(=O)(=O)CC(O)c2ccccc2)cc1. The molecule has 5 heteroatoms. The zero-order chi connectivity index (χ0) is 14.6. The number of benzene rings is 2. The number of aliphatic hydroxyl groups is 1. The van der Waals surface area contributed by atoms with Gasteiger partial charge in [0.25, 0.3) is 0 Å². The summed E-state index contributed by atoms with van der Waals surface area (Å²) < 4.78 is 29.4. The van der Waals surface area contributed by atoms with Crippen LogP contribution in [0.15, 0.2) is 59.5 Å². The van der Waals surface area contributed by atoms with E-state index >= 15 is 0 Å². The Bertz CT molecular complexity index is 648. The van der Waals surface area contributed by atoms with Gasteiger partial charge in [0.1, 0.15) is 5.75 Å². The van der Waals surface area contributed by atoms with E-state index in [4.69, 9.17) is 4.74 Å². The fourth-order valence-corrected chi connectivity index (χ4v) is 3.21. The summed E-state index contributed by atoms with van der Waals surface area (Å²) in [6, 6.07) is 14.9. The van der Waals surface area contributed by atoms with Crippen LogP contribution < -0.4 is 4.74 Å². The van der Waals surface area contributed by atoms with Crippen molar-refractivity contribution >= 4 is 9.84 Å². The molecule has 0 amide bonds. The maximum atomic E-state index is 12.2. The molecule has 2 aromatic carbocycles. The molecule has 1 unspecified atom stereocenters. The van der Waals surface area contributed by atoms with Crippen molar-refractivity contribution in [3.8, 4) is 5.75 Å². The summed E-state index contributed by atoms with van der Waals surface area (Å²) in [4.78, 5) is 0.174. The molecule has 2 rings (SSSR count). The van der Waals surface area contributed by atoms with E-state index < -0.39 is 15.9 Å². The minimum Gasteiger partial charge on any atom is -0.497 e. The van der Waals surface area contributed by atoms with Crippen LogP contribution in [-0.4, -0.2) is 26.4 Å². The Hall–Kier alpha value is -1.85. The first-order valence-corrected chi connectivity index (χ1v) is 7.78. The second kappa shape index (κ2) is 6.07. The molecule has 0 aliphatic rings. The van der Waals surface area contributed by atoms with Gasteiger partial charge in [-0.3, -0.25) is 0 Å². The van der Waals surface area contributed by atoms with Crippen molar-refractivity contribution < 1.29 is 18.3 Å². The summed E-state index contributed by atoms with van der Waals surface area (Å²) in [6.45, 7) is 0. The van der Waals surface area contributed by atoms with Crippen molar-refractivity contribution in [2.75, 3.05) is 12.9 Å². The summed E-state index contributed by atoms with van der Waals surface area (Å²) >= 11 is 0. The Kier molecular flexibility index (Phi) is 4.42. The van der Waals surface area contributed by atoms with E-state index in [1.54, 1.807) is 36.4 Å². The van der Waals surface area contributed by atoms with Gasteiger partial charge in [0.2, 0.25) is 0 Å². The van der Waals surface area contributed by atoms with Crippen molar-refractivity contribution in [2.45, 2.75) is 11.0 Å². The molecule has 0 aliphatic heterocycles. The normalized spacial score (nSPS) is 12.9. The lowest BCUT2D eigenvalue weighted by Crippen LogP contribution is -2.14. The summed E-state index contributed by atoms with van der Waals surface area (Å²) in [7, 11) is -2.02. The second-order valence-corrected chi connectivity index (χ2v) is 6.42. The molecule has 106 valence electrons. The van der Waals surface area contributed by atoms with Gasteiger partial charge < -0.3 is 9.84 Å². The fraction of sp³-hybridized carbons (Fsp3) is 0.200. The van der Waals surface area contributed by atoms with Gasteiger partial charge in [-0.1, -0.05) is 30.3 Å². The first kappa shape index (κ1) is 14.6. The summed E-state index contributed by atoms with van der Waals surface area (Å²) in [5, 5.41) is 10.0. The van der Waals surface area contributed by atoms with Crippen molar-refractivity contribution in [1.29, 1.82) is 0 Å². The minimum atomic E-state index is -3.54. The number of aliphatic hydroxyl groups excluding tert-OH is 1. The van der Waals surface area contributed by atoms with E-state index in [2.05, 4.69) is 0 Å². The molecular weight excluding hydrogens is 276 g/mol. The highest BCUT2D eigenvalue weighted by atomic mass is 32.2. The third-order valence-electron chi connectivity index (χ3n) is 2.98. The number of rotatable bonds is 5. The maximum Gasteiger partial charge on any atom is 0.181 e. The molecule has 1 N–H and O–H groups in total. The maximum absolute atomic E-state index is 12.2. The van der Waals surface area contributed by atoms with E-state index in [0.29, 0.717) is 11.3 Å². The van der Waals surface area contributed by atoms with E-state index in [-0.39, 0.29) is 10.6 Å². The fourth-order valence-electron chi connectivity index (χ4n) is 1.86. The van der Waals surface area contributed by atoms with Crippen LogP contribution in [0.5, 0.6) is 5.75 Å². The van der Waals surface area contributed by atoms with Crippen LogP contribution in [0.2, 0.25) is 0 Å². The average molecular weight is 292 g/mol. The van der Waals surface area contributed by atoms with E-state index in [1.807, 2.05) is 6.07 Å². The molecule has 0 saturated heterocycles. The number of hydrogen-bond donors (Lipinski definition) is 1. The quantitative estimate of drug-likeness (QED) is 0.917. The highest BCUT2D eigenvalue weighted by Gasteiger charge is 2.20. The molecule has 20 heavy (non-hydrogen) atoms. The summed E-state index contributed by atoms with van der Waals surface area (Å²) in [5.41, 5.74) is 0.588. The standard InChI is InChI=1S/C15H16O4S/c1-19-13-7-9-14(10-8-13)20(17,18)11-15(16)12-5-3-2-4-6-12/h2-10,15-16H,11H2,1H3. The molecule has 1 atom stereocenters. The van der Waals surface area contributed by atoms with Gasteiger partial charge in [-0.25, -0.2) is 8.42 Å². The molecular formula is C15H16O4S. The monoisotopic (exact) mass is 292 g/mol. The van der Waals surface area contributed by atoms with Crippen molar-refractivity contribution in [1.82, 2.24) is 0 Å². The number of hydrogen-bond acceptors (Lipinski definition) is 4. The predicted molar refractivity (Wildman–Crippen MR) is 76.4 cm³/mol. The summed E-state index contributed by atoms with van der Waals surface area (Å²) in [6.07, 6.45) is -1.04.